The van der Waals surface area contributed by atoms with Crippen LogP contribution in [0.4, 0.5) is 0 Å². The van der Waals surface area contributed by atoms with Crippen LogP contribution in [0, 0.1) is 32.1 Å². The molecule has 0 amide bonds. The largest absolute Gasteiger partial charge is 0.192 e. The van der Waals surface area contributed by atoms with Crippen molar-refractivity contribution in [3.63, 3.8) is 0 Å². The van der Waals surface area contributed by atoms with Gasteiger partial charge in [0.15, 0.2) is 0 Å². The van der Waals surface area contributed by atoms with E-state index in [0.717, 1.165) is 11.1 Å². The van der Waals surface area contributed by atoms with Crippen molar-refractivity contribution in [3.8, 4) is 6.07 Å². The number of rotatable bonds is 0. The molecule has 0 atom stereocenters. The van der Waals surface area contributed by atoms with Gasteiger partial charge in [-0.25, -0.2) is 0 Å². The number of benzene rings is 1. The van der Waals surface area contributed by atoms with E-state index in [1.807, 2.05) is 26.0 Å². The lowest BCUT2D eigenvalue weighted by atomic mass is 10.0. The van der Waals surface area contributed by atoms with Gasteiger partial charge in [0.1, 0.15) is 0 Å². The van der Waals surface area contributed by atoms with Gasteiger partial charge in [-0.3, -0.25) is 0 Å². The predicted molar refractivity (Wildman–Crippen MR) is 45.4 cm³/mol. The van der Waals surface area contributed by atoms with E-state index in [9.17, 15) is 0 Å². The van der Waals surface area contributed by atoms with Crippen molar-refractivity contribution in [2.75, 3.05) is 0 Å². The monoisotopic (exact) mass is 145 g/mol. The molecule has 0 aliphatic rings. The summed E-state index contributed by atoms with van der Waals surface area (Å²) in [5.74, 6) is 0. The van der Waals surface area contributed by atoms with Gasteiger partial charge in [-0.1, -0.05) is 6.07 Å². The molecule has 0 bridgehead atoms. The second-order valence-electron chi connectivity index (χ2n) is 2.86. The summed E-state index contributed by atoms with van der Waals surface area (Å²) >= 11 is 0. The smallest absolute Gasteiger partial charge is 0.0994 e. The van der Waals surface area contributed by atoms with Crippen LogP contribution in [-0.2, 0) is 0 Å². The van der Waals surface area contributed by atoms with Gasteiger partial charge in [-0.15, -0.1) is 0 Å². The SMILES string of the molecule is Cc1cc(C)c(C#N)cc1C. The quantitative estimate of drug-likeness (QED) is 0.550. The molecule has 1 aromatic rings. The number of nitriles is 1. The molecular weight excluding hydrogens is 134 g/mol. The van der Waals surface area contributed by atoms with Crippen LogP contribution in [0.25, 0.3) is 0 Å². The first-order chi connectivity index (χ1) is 5.15. The Morgan fingerprint density at radius 1 is 1.00 bits per heavy atom. The minimum Gasteiger partial charge on any atom is -0.192 e. The van der Waals surface area contributed by atoms with E-state index in [2.05, 4.69) is 13.0 Å². The minimum absolute atomic E-state index is 0.785. The molecule has 0 N–H and O–H groups in total. The zero-order valence-electron chi connectivity index (χ0n) is 7.10. The maximum atomic E-state index is 8.68. The van der Waals surface area contributed by atoms with E-state index >= 15 is 0 Å². The van der Waals surface area contributed by atoms with Crippen molar-refractivity contribution in [1.29, 1.82) is 5.26 Å². The van der Waals surface area contributed by atoms with Crippen LogP contribution >= 0.6 is 0 Å². The summed E-state index contributed by atoms with van der Waals surface area (Å²) in [5, 5.41) is 8.68. The molecular formula is C10H11N. The molecule has 0 spiro atoms. The van der Waals surface area contributed by atoms with Gasteiger partial charge >= 0.3 is 0 Å². The molecule has 56 valence electrons. The Labute approximate surface area is 67.3 Å². The van der Waals surface area contributed by atoms with Crippen LogP contribution in [0.3, 0.4) is 0 Å². The molecule has 0 saturated heterocycles. The topological polar surface area (TPSA) is 23.8 Å². The summed E-state index contributed by atoms with van der Waals surface area (Å²) in [6, 6.07) is 6.15. The summed E-state index contributed by atoms with van der Waals surface area (Å²) in [7, 11) is 0. The Balaban J connectivity index is 3.35. The molecule has 0 saturated carbocycles. The fourth-order valence-electron chi connectivity index (χ4n) is 1.08. The lowest BCUT2D eigenvalue weighted by Gasteiger charge is -2.02. The summed E-state index contributed by atoms with van der Waals surface area (Å²) in [4.78, 5) is 0. The molecule has 0 unspecified atom stereocenters. The highest BCUT2D eigenvalue weighted by Gasteiger charge is 1.99. The van der Waals surface area contributed by atoms with Gasteiger partial charge in [0.05, 0.1) is 11.6 Å². The Morgan fingerprint density at radius 3 is 2.09 bits per heavy atom. The fourth-order valence-corrected chi connectivity index (χ4v) is 1.08. The van der Waals surface area contributed by atoms with Crippen molar-refractivity contribution in [2.24, 2.45) is 0 Å². The van der Waals surface area contributed by atoms with E-state index in [1.54, 1.807) is 0 Å². The van der Waals surface area contributed by atoms with Gasteiger partial charge in [0.25, 0.3) is 0 Å². The maximum absolute atomic E-state index is 8.68. The van der Waals surface area contributed by atoms with Crippen LogP contribution in [0.5, 0.6) is 0 Å². The molecule has 0 aliphatic heterocycles. The first kappa shape index (κ1) is 7.81. The molecule has 0 heterocycles. The maximum Gasteiger partial charge on any atom is 0.0994 e. The molecule has 1 heteroatoms. The standard InChI is InChI=1S/C10H11N/c1-7-4-9(3)10(6-11)5-8(7)2/h4-5H,1-3H3. The lowest BCUT2D eigenvalue weighted by molar-refractivity contribution is 1.27. The van der Waals surface area contributed by atoms with E-state index < -0.39 is 0 Å². The molecule has 0 aliphatic carbocycles. The minimum atomic E-state index is 0.785. The highest BCUT2D eigenvalue weighted by Crippen LogP contribution is 2.13. The Kier molecular flexibility index (Phi) is 1.96. The molecule has 0 radical (unpaired) electrons. The highest BCUT2D eigenvalue weighted by atomic mass is 14.2. The number of aryl methyl sites for hydroxylation is 3. The van der Waals surface area contributed by atoms with Crippen LogP contribution in [0.2, 0.25) is 0 Å². The Morgan fingerprint density at radius 2 is 1.55 bits per heavy atom. The number of hydrogen-bond donors (Lipinski definition) is 0. The van der Waals surface area contributed by atoms with Gasteiger partial charge in [0, 0.05) is 0 Å². The lowest BCUT2D eigenvalue weighted by Crippen LogP contribution is -1.87. The van der Waals surface area contributed by atoms with Crippen molar-refractivity contribution in [3.05, 3.63) is 34.4 Å². The van der Waals surface area contributed by atoms with Crippen molar-refractivity contribution < 1.29 is 0 Å². The third kappa shape index (κ3) is 1.40. The summed E-state index contributed by atoms with van der Waals surface area (Å²) in [6.07, 6.45) is 0. The average Bonchev–Trinajstić information content (AvgIpc) is 1.97. The van der Waals surface area contributed by atoms with Gasteiger partial charge in [-0.2, -0.15) is 5.26 Å². The normalized spacial score (nSPS) is 9.27. The van der Waals surface area contributed by atoms with Crippen LogP contribution in [0.1, 0.15) is 22.3 Å². The Hall–Kier alpha value is -1.29. The molecule has 1 aromatic carbocycles. The van der Waals surface area contributed by atoms with Crippen LogP contribution < -0.4 is 0 Å². The zero-order chi connectivity index (χ0) is 8.43. The fraction of sp³-hybridized carbons (Fsp3) is 0.300. The Bertz CT molecular complexity index is 318. The molecule has 0 fully saturated rings. The second kappa shape index (κ2) is 2.75. The van der Waals surface area contributed by atoms with Crippen molar-refractivity contribution >= 4 is 0 Å². The van der Waals surface area contributed by atoms with E-state index in [-0.39, 0.29) is 0 Å². The summed E-state index contributed by atoms with van der Waals surface area (Å²) in [5.41, 5.74) is 4.29. The summed E-state index contributed by atoms with van der Waals surface area (Å²) < 4.78 is 0. The van der Waals surface area contributed by atoms with E-state index in [1.165, 1.54) is 11.1 Å². The van der Waals surface area contributed by atoms with E-state index in [0.29, 0.717) is 0 Å². The average molecular weight is 145 g/mol. The van der Waals surface area contributed by atoms with Gasteiger partial charge < -0.3 is 0 Å². The van der Waals surface area contributed by atoms with Crippen LogP contribution in [0.15, 0.2) is 12.1 Å². The number of hydrogen-bond acceptors (Lipinski definition) is 1. The predicted octanol–water partition coefficient (Wildman–Crippen LogP) is 2.48. The number of nitrogens with zero attached hydrogens (tertiary/aromatic N) is 1. The molecule has 1 nitrogen and oxygen atoms in total. The van der Waals surface area contributed by atoms with Crippen molar-refractivity contribution in [1.82, 2.24) is 0 Å². The first-order valence-corrected chi connectivity index (χ1v) is 3.63. The second-order valence-corrected chi connectivity index (χ2v) is 2.86. The third-order valence-corrected chi connectivity index (χ3v) is 1.96. The first-order valence-electron chi connectivity index (χ1n) is 3.63. The zero-order valence-corrected chi connectivity index (χ0v) is 7.10. The molecule has 11 heavy (non-hydrogen) atoms. The van der Waals surface area contributed by atoms with Crippen LogP contribution in [-0.4, -0.2) is 0 Å². The van der Waals surface area contributed by atoms with Gasteiger partial charge in [0.2, 0.25) is 0 Å². The molecule has 0 aromatic heterocycles. The molecule has 1 rings (SSSR count). The van der Waals surface area contributed by atoms with E-state index in [4.69, 9.17) is 5.26 Å². The highest BCUT2D eigenvalue weighted by molar-refractivity contribution is 5.43. The summed E-state index contributed by atoms with van der Waals surface area (Å²) in [6.45, 7) is 6.05. The van der Waals surface area contributed by atoms with Crippen molar-refractivity contribution in [2.45, 2.75) is 20.8 Å². The van der Waals surface area contributed by atoms with Gasteiger partial charge in [-0.05, 0) is 43.5 Å². The third-order valence-electron chi connectivity index (χ3n) is 1.96.